The van der Waals surface area contributed by atoms with Crippen molar-refractivity contribution >= 4 is 23.2 Å². The number of hydrogen-bond donors (Lipinski definition) is 0. The van der Waals surface area contributed by atoms with Gasteiger partial charge in [0.25, 0.3) is 11.5 Å². The van der Waals surface area contributed by atoms with Crippen LogP contribution in [0.1, 0.15) is 27.2 Å². The molecule has 2 aromatic carbocycles. The van der Waals surface area contributed by atoms with Crippen LogP contribution in [0.5, 0.6) is 0 Å². The number of piperazine rings is 1. The average Bonchev–Trinajstić information content (AvgIpc) is 2.78. The van der Waals surface area contributed by atoms with Crippen molar-refractivity contribution in [3.05, 3.63) is 92.4 Å². The molecule has 1 fully saturated rings. The second-order valence-electron chi connectivity index (χ2n) is 7.91. The zero-order valence-electron chi connectivity index (χ0n) is 17.7. The van der Waals surface area contributed by atoms with Crippen LogP contribution in [0.4, 0.5) is 5.69 Å². The molecule has 1 aromatic heterocycles. The zero-order chi connectivity index (χ0) is 22.0. The number of anilines is 1. The van der Waals surface area contributed by atoms with Gasteiger partial charge in [0.2, 0.25) is 0 Å². The Morgan fingerprint density at radius 2 is 1.68 bits per heavy atom. The molecule has 0 spiro atoms. The molecule has 0 N–H and O–H groups in total. The first-order valence-corrected chi connectivity index (χ1v) is 10.7. The standard InChI is InChI=1S/C24H25ClN4O2/c1-17-3-6-19(7-4-17)16-29-23(30)10-9-21(26-29)24(31)28-13-11-27(12-14-28)22-15-20(25)8-5-18(22)2/h3-10,15H,11-14,16H2,1-2H3. The summed E-state index contributed by atoms with van der Waals surface area (Å²) >= 11 is 6.16. The molecule has 1 amide bonds. The summed E-state index contributed by atoms with van der Waals surface area (Å²) in [6.45, 7) is 7.02. The molecular weight excluding hydrogens is 412 g/mol. The van der Waals surface area contributed by atoms with Gasteiger partial charge < -0.3 is 9.80 Å². The molecule has 31 heavy (non-hydrogen) atoms. The third-order valence-electron chi connectivity index (χ3n) is 5.62. The molecule has 1 aliphatic rings. The number of aromatic nitrogens is 2. The molecule has 4 rings (SSSR count). The van der Waals surface area contributed by atoms with Crippen LogP contribution < -0.4 is 10.5 Å². The van der Waals surface area contributed by atoms with E-state index < -0.39 is 0 Å². The van der Waals surface area contributed by atoms with Crippen LogP contribution in [0.25, 0.3) is 0 Å². The van der Waals surface area contributed by atoms with Gasteiger partial charge in [-0.05, 0) is 43.2 Å². The van der Waals surface area contributed by atoms with Crippen molar-refractivity contribution in [2.24, 2.45) is 0 Å². The molecule has 0 radical (unpaired) electrons. The van der Waals surface area contributed by atoms with Gasteiger partial charge in [-0.3, -0.25) is 9.59 Å². The quantitative estimate of drug-likeness (QED) is 0.627. The zero-order valence-corrected chi connectivity index (χ0v) is 18.5. The van der Waals surface area contributed by atoms with Crippen LogP contribution in [0.3, 0.4) is 0 Å². The van der Waals surface area contributed by atoms with Gasteiger partial charge in [-0.15, -0.1) is 0 Å². The summed E-state index contributed by atoms with van der Waals surface area (Å²) in [6.07, 6.45) is 0. The molecule has 1 aliphatic heterocycles. The van der Waals surface area contributed by atoms with Crippen molar-refractivity contribution in [3.63, 3.8) is 0 Å². The fourth-order valence-corrected chi connectivity index (χ4v) is 3.94. The number of carbonyl (C=O) groups excluding carboxylic acids is 1. The SMILES string of the molecule is Cc1ccc(Cn2nc(C(=O)N3CCN(c4cc(Cl)ccc4C)CC3)ccc2=O)cc1. The summed E-state index contributed by atoms with van der Waals surface area (Å²) in [4.78, 5) is 29.3. The highest BCUT2D eigenvalue weighted by molar-refractivity contribution is 6.30. The lowest BCUT2D eigenvalue weighted by atomic mass is 10.1. The minimum Gasteiger partial charge on any atom is -0.368 e. The minimum atomic E-state index is -0.224. The first-order valence-electron chi connectivity index (χ1n) is 10.3. The maximum Gasteiger partial charge on any atom is 0.274 e. The lowest BCUT2D eigenvalue weighted by molar-refractivity contribution is 0.0738. The van der Waals surface area contributed by atoms with E-state index in [0.717, 1.165) is 35.5 Å². The maximum atomic E-state index is 13.0. The third-order valence-corrected chi connectivity index (χ3v) is 5.85. The fourth-order valence-electron chi connectivity index (χ4n) is 3.78. The van der Waals surface area contributed by atoms with Crippen molar-refractivity contribution in [1.82, 2.24) is 14.7 Å². The van der Waals surface area contributed by atoms with E-state index in [9.17, 15) is 9.59 Å². The molecule has 0 unspecified atom stereocenters. The van der Waals surface area contributed by atoms with Gasteiger partial charge >= 0.3 is 0 Å². The summed E-state index contributed by atoms with van der Waals surface area (Å²) in [6, 6.07) is 16.7. The molecular formula is C24H25ClN4O2. The number of rotatable bonds is 4. The number of aryl methyl sites for hydroxylation is 2. The summed E-state index contributed by atoms with van der Waals surface area (Å²) in [5.41, 5.74) is 4.45. The second-order valence-corrected chi connectivity index (χ2v) is 8.35. The first-order chi connectivity index (χ1) is 14.9. The van der Waals surface area contributed by atoms with Gasteiger partial charge in [0, 0.05) is 43.0 Å². The van der Waals surface area contributed by atoms with Gasteiger partial charge in [-0.25, -0.2) is 4.68 Å². The smallest absolute Gasteiger partial charge is 0.274 e. The van der Waals surface area contributed by atoms with Crippen molar-refractivity contribution in [3.8, 4) is 0 Å². The van der Waals surface area contributed by atoms with Crippen LogP contribution in [0, 0.1) is 13.8 Å². The van der Waals surface area contributed by atoms with E-state index in [0.29, 0.717) is 30.4 Å². The third kappa shape index (κ3) is 4.80. The van der Waals surface area contributed by atoms with Gasteiger partial charge in [-0.1, -0.05) is 47.5 Å². The second kappa shape index (κ2) is 8.94. The monoisotopic (exact) mass is 436 g/mol. The Labute approximate surface area is 186 Å². The molecule has 2 heterocycles. The van der Waals surface area contributed by atoms with Crippen molar-refractivity contribution in [2.75, 3.05) is 31.1 Å². The van der Waals surface area contributed by atoms with E-state index >= 15 is 0 Å². The van der Waals surface area contributed by atoms with Gasteiger partial charge in [0.1, 0.15) is 5.69 Å². The summed E-state index contributed by atoms with van der Waals surface area (Å²) in [7, 11) is 0. The first kappa shape index (κ1) is 21.1. The van der Waals surface area contributed by atoms with Gasteiger partial charge in [-0.2, -0.15) is 5.10 Å². The van der Waals surface area contributed by atoms with Crippen LogP contribution in [0.2, 0.25) is 5.02 Å². The lowest BCUT2D eigenvalue weighted by Crippen LogP contribution is -2.49. The highest BCUT2D eigenvalue weighted by atomic mass is 35.5. The summed E-state index contributed by atoms with van der Waals surface area (Å²) in [5.74, 6) is -0.153. The Balaban J connectivity index is 1.46. The molecule has 0 aliphatic carbocycles. The number of nitrogens with zero attached hydrogens (tertiary/aromatic N) is 4. The Hall–Kier alpha value is -3.12. The van der Waals surface area contributed by atoms with Crippen molar-refractivity contribution in [1.29, 1.82) is 0 Å². The number of carbonyl (C=O) groups is 1. The minimum absolute atomic E-state index is 0.153. The molecule has 0 bridgehead atoms. The van der Waals surface area contributed by atoms with E-state index in [1.54, 1.807) is 4.90 Å². The van der Waals surface area contributed by atoms with E-state index in [1.165, 1.54) is 16.8 Å². The molecule has 6 nitrogen and oxygen atoms in total. The molecule has 0 saturated carbocycles. The van der Waals surface area contributed by atoms with E-state index in [-0.39, 0.29) is 11.5 Å². The Bertz CT molecular complexity index is 1150. The number of benzene rings is 2. The predicted octanol–water partition coefficient (Wildman–Crippen LogP) is 3.52. The summed E-state index contributed by atoms with van der Waals surface area (Å²) < 4.78 is 1.35. The molecule has 7 heteroatoms. The summed E-state index contributed by atoms with van der Waals surface area (Å²) in [5, 5.41) is 5.06. The lowest BCUT2D eigenvalue weighted by Gasteiger charge is -2.36. The molecule has 3 aromatic rings. The predicted molar refractivity (Wildman–Crippen MR) is 123 cm³/mol. The van der Waals surface area contributed by atoms with E-state index in [1.807, 2.05) is 49.4 Å². The number of amides is 1. The van der Waals surface area contributed by atoms with Crippen LogP contribution >= 0.6 is 11.6 Å². The Kier molecular flexibility index (Phi) is 6.09. The highest BCUT2D eigenvalue weighted by Crippen LogP contribution is 2.25. The largest absolute Gasteiger partial charge is 0.368 e. The van der Waals surface area contributed by atoms with Gasteiger partial charge in [0.05, 0.1) is 6.54 Å². The maximum absolute atomic E-state index is 13.0. The van der Waals surface area contributed by atoms with Crippen molar-refractivity contribution in [2.45, 2.75) is 20.4 Å². The van der Waals surface area contributed by atoms with Crippen LogP contribution in [-0.2, 0) is 6.54 Å². The molecule has 160 valence electrons. The molecule has 0 atom stereocenters. The average molecular weight is 437 g/mol. The number of hydrogen-bond acceptors (Lipinski definition) is 4. The van der Waals surface area contributed by atoms with Crippen LogP contribution in [0.15, 0.2) is 59.4 Å². The normalized spacial score (nSPS) is 14.0. The van der Waals surface area contributed by atoms with E-state index in [4.69, 9.17) is 11.6 Å². The highest BCUT2D eigenvalue weighted by Gasteiger charge is 2.24. The molecule has 1 saturated heterocycles. The Morgan fingerprint density at radius 1 is 0.968 bits per heavy atom. The van der Waals surface area contributed by atoms with Crippen molar-refractivity contribution < 1.29 is 4.79 Å². The van der Waals surface area contributed by atoms with E-state index in [2.05, 4.69) is 16.9 Å². The fraction of sp³-hybridized carbons (Fsp3) is 0.292. The number of halogens is 1. The van der Waals surface area contributed by atoms with Crippen LogP contribution in [-0.4, -0.2) is 46.8 Å². The van der Waals surface area contributed by atoms with Gasteiger partial charge in [0.15, 0.2) is 0 Å². The Morgan fingerprint density at radius 3 is 2.39 bits per heavy atom. The topological polar surface area (TPSA) is 58.4 Å².